The van der Waals surface area contributed by atoms with Crippen molar-refractivity contribution in [2.24, 2.45) is 0 Å². The first-order valence-corrected chi connectivity index (χ1v) is 14.3. The second kappa shape index (κ2) is 11.5. The molecule has 0 aromatic heterocycles. The number of hydrogen-bond donors (Lipinski definition) is 1. The van der Waals surface area contributed by atoms with Crippen LogP contribution in [0.5, 0.6) is 5.75 Å². The van der Waals surface area contributed by atoms with E-state index < -0.39 is 5.92 Å². The number of allylic oxidation sites excluding steroid dienone is 3. The summed E-state index contributed by atoms with van der Waals surface area (Å²) in [5.74, 6) is 0.129. The summed E-state index contributed by atoms with van der Waals surface area (Å²) in [5, 5.41) is 3.47. The molecule has 5 heteroatoms. The smallest absolute Gasteiger partial charge is 0.337 e. The Bertz CT molecular complexity index is 1430. The maximum atomic E-state index is 13.8. The number of ether oxygens (including phenoxy) is 2. The summed E-state index contributed by atoms with van der Waals surface area (Å²) >= 11 is 0. The number of nitrogens with one attached hydrogen (secondary N) is 1. The van der Waals surface area contributed by atoms with Gasteiger partial charge in [0.05, 0.1) is 5.57 Å². The lowest BCUT2D eigenvalue weighted by atomic mass is 9.71. The maximum absolute atomic E-state index is 13.8. The van der Waals surface area contributed by atoms with Gasteiger partial charge in [-0.15, -0.1) is 0 Å². The molecule has 5 nitrogen and oxygen atoms in total. The van der Waals surface area contributed by atoms with Gasteiger partial charge in [0.25, 0.3) is 0 Å². The van der Waals surface area contributed by atoms with Crippen molar-refractivity contribution >= 4 is 11.8 Å². The van der Waals surface area contributed by atoms with Crippen molar-refractivity contribution in [1.82, 2.24) is 5.32 Å². The van der Waals surface area contributed by atoms with E-state index in [0.717, 1.165) is 65.9 Å². The minimum absolute atomic E-state index is 0.0536. The predicted molar refractivity (Wildman–Crippen MR) is 155 cm³/mol. The Hall–Kier alpha value is -4.12. The quantitative estimate of drug-likeness (QED) is 0.328. The van der Waals surface area contributed by atoms with Crippen LogP contribution in [0.4, 0.5) is 0 Å². The van der Waals surface area contributed by atoms with Crippen LogP contribution in [-0.4, -0.2) is 17.9 Å². The maximum Gasteiger partial charge on any atom is 0.337 e. The molecule has 1 N–H and O–H groups in total. The zero-order valence-corrected chi connectivity index (χ0v) is 22.9. The molecular formula is C35H35NO4. The zero-order chi connectivity index (χ0) is 27.5. The Kier molecular flexibility index (Phi) is 7.54. The molecule has 40 heavy (non-hydrogen) atoms. The van der Waals surface area contributed by atoms with Crippen molar-refractivity contribution < 1.29 is 19.1 Å². The fourth-order valence-corrected chi connectivity index (χ4v) is 6.32. The lowest BCUT2D eigenvalue weighted by molar-refractivity contribution is -0.144. The summed E-state index contributed by atoms with van der Waals surface area (Å²) in [6.07, 6.45) is 5.05. The van der Waals surface area contributed by atoms with Crippen LogP contribution < -0.4 is 10.1 Å². The molecule has 1 fully saturated rings. The van der Waals surface area contributed by atoms with E-state index in [9.17, 15) is 9.59 Å². The van der Waals surface area contributed by atoms with Crippen LogP contribution in [0.25, 0.3) is 0 Å². The Morgan fingerprint density at radius 2 is 1.52 bits per heavy atom. The number of benzene rings is 3. The number of ketones is 1. The fourth-order valence-electron chi connectivity index (χ4n) is 6.32. The second-order valence-corrected chi connectivity index (χ2v) is 11.1. The number of carbonyl (C=O) groups excluding carboxylic acids is 2. The van der Waals surface area contributed by atoms with Crippen molar-refractivity contribution in [3.63, 3.8) is 0 Å². The van der Waals surface area contributed by atoms with Gasteiger partial charge in [0.15, 0.2) is 5.78 Å². The van der Waals surface area contributed by atoms with Crippen molar-refractivity contribution in [2.45, 2.75) is 70.0 Å². The van der Waals surface area contributed by atoms with Gasteiger partial charge < -0.3 is 14.8 Å². The molecule has 3 aliphatic rings. The Morgan fingerprint density at radius 3 is 2.23 bits per heavy atom. The van der Waals surface area contributed by atoms with E-state index in [0.29, 0.717) is 24.2 Å². The monoisotopic (exact) mass is 533 g/mol. The van der Waals surface area contributed by atoms with Gasteiger partial charge in [-0.25, -0.2) is 4.79 Å². The molecule has 3 aromatic carbocycles. The van der Waals surface area contributed by atoms with Crippen molar-refractivity contribution in [2.75, 3.05) is 0 Å². The highest BCUT2D eigenvalue weighted by molar-refractivity contribution is 6.04. The first-order chi connectivity index (χ1) is 19.6. The average Bonchev–Trinajstić information content (AvgIpc) is 3.49. The molecule has 3 aromatic rings. The van der Waals surface area contributed by atoms with Crippen molar-refractivity contribution in [3.05, 3.63) is 124 Å². The number of esters is 1. The third-order valence-electron chi connectivity index (χ3n) is 8.36. The van der Waals surface area contributed by atoms with Gasteiger partial charge in [-0.05, 0) is 73.8 Å². The summed E-state index contributed by atoms with van der Waals surface area (Å²) in [5.41, 5.74) is 6.05. The summed E-state index contributed by atoms with van der Waals surface area (Å²) in [4.78, 5) is 27.5. The topological polar surface area (TPSA) is 64.6 Å². The molecule has 6 rings (SSSR count). The number of Topliss-reactive ketones (excluding diaryl/α,β-unsaturated/α-hetero) is 1. The fraction of sp³-hybridized carbons (Fsp3) is 0.314. The van der Waals surface area contributed by atoms with Crippen LogP contribution in [0.15, 0.2) is 107 Å². The first kappa shape index (κ1) is 26.1. The van der Waals surface area contributed by atoms with Crippen LogP contribution in [0, 0.1) is 0 Å². The van der Waals surface area contributed by atoms with Gasteiger partial charge in [-0.1, -0.05) is 72.8 Å². The normalized spacial score (nSPS) is 21.2. The summed E-state index contributed by atoms with van der Waals surface area (Å²) in [6.45, 7) is 2.40. The van der Waals surface area contributed by atoms with Crippen molar-refractivity contribution in [1.29, 1.82) is 0 Å². The standard InChI is InChI=1S/C35H35NO4/c1-23-32(35(38)40-29-14-8-9-15-29)33(26-16-18-28(19-17-26)39-22-24-10-4-2-5-11-24)34-30(36-23)20-27(21-31(34)37)25-12-6-3-7-13-25/h2-7,10-13,16-19,27,29,33,36H,8-9,14-15,20-22H2,1H3/t27-,33+/m0/s1. The van der Waals surface area contributed by atoms with Crippen LogP contribution in [-0.2, 0) is 20.9 Å². The van der Waals surface area contributed by atoms with E-state index in [1.165, 1.54) is 0 Å². The molecule has 2 atom stereocenters. The van der Waals surface area contributed by atoms with Gasteiger partial charge in [-0.3, -0.25) is 4.79 Å². The molecule has 0 radical (unpaired) electrons. The Balaban J connectivity index is 1.32. The number of rotatable bonds is 7. The molecule has 0 saturated heterocycles. The van der Waals surface area contributed by atoms with Gasteiger partial charge in [0.1, 0.15) is 18.5 Å². The lowest BCUT2D eigenvalue weighted by Crippen LogP contribution is -2.36. The SMILES string of the molecule is CC1=C(C(=O)OC2CCCC2)[C@@H](c2ccc(OCc3ccccc3)cc2)C2=C(C[C@H](c3ccccc3)CC2=O)N1. The van der Waals surface area contributed by atoms with Crippen LogP contribution in [0.1, 0.15) is 74.0 Å². The molecule has 1 aliphatic heterocycles. The van der Waals surface area contributed by atoms with Crippen LogP contribution in [0.3, 0.4) is 0 Å². The highest BCUT2D eigenvalue weighted by Gasteiger charge is 2.42. The van der Waals surface area contributed by atoms with E-state index in [2.05, 4.69) is 17.4 Å². The van der Waals surface area contributed by atoms with Crippen LogP contribution in [0.2, 0.25) is 0 Å². The molecule has 0 spiro atoms. The Morgan fingerprint density at radius 1 is 0.850 bits per heavy atom. The van der Waals surface area contributed by atoms with Gasteiger partial charge >= 0.3 is 5.97 Å². The van der Waals surface area contributed by atoms with Gasteiger partial charge in [0.2, 0.25) is 0 Å². The summed E-state index contributed by atoms with van der Waals surface area (Å²) in [7, 11) is 0. The van der Waals surface area contributed by atoms with Gasteiger partial charge in [0, 0.05) is 29.3 Å². The van der Waals surface area contributed by atoms with E-state index >= 15 is 0 Å². The summed E-state index contributed by atoms with van der Waals surface area (Å²) in [6, 6.07) is 28.1. The first-order valence-electron chi connectivity index (χ1n) is 14.3. The molecule has 204 valence electrons. The molecule has 0 amide bonds. The van der Waals surface area contributed by atoms with Crippen molar-refractivity contribution in [3.8, 4) is 5.75 Å². The molecular weight excluding hydrogens is 498 g/mol. The minimum Gasteiger partial charge on any atom is -0.489 e. The highest BCUT2D eigenvalue weighted by atomic mass is 16.5. The number of carbonyl (C=O) groups is 2. The van der Waals surface area contributed by atoms with Crippen LogP contribution >= 0.6 is 0 Å². The van der Waals surface area contributed by atoms with Gasteiger partial charge in [-0.2, -0.15) is 0 Å². The predicted octanol–water partition coefficient (Wildman–Crippen LogP) is 7.11. The molecule has 2 aliphatic carbocycles. The lowest BCUT2D eigenvalue weighted by Gasteiger charge is -2.37. The average molecular weight is 534 g/mol. The highest BCUT2D eigenvalue weighted by Crippen LogP contribution is 2.46. The largest absolute Gasteiger partial charge is 0.489 e. The second-order valence-electron chi connectivity index (χ2n) is 11.1. The Labute approximate surface area is 235 Å². The number of dihydropyridines is 1. The zero-order valence-electron chi connectivity index (χ0n) is 22.9. The summed E-state index contributed by atoms with van der Waals surface area (Å²) < 4.78 is 12.0. The molecule has 1 heterocycles. The molecule has 0 bridgehead atoms. The van der Waals surface area contributed by atoms with E-state index in [1.807, 2.05) is 79.7 Å². The molecule has 0 unspecified atom stereocenters. The van der Waals surface area contributed by atoms with E-state index in [-0.39, 0.29) is 23.8 Å². The van der Waals surface area contributed by atoms with E-state index in [4.69, 9.17) is 9.47 Å². The van der Waals surface area contributed by atoms with E-state index in [1.54, 1.807) is 0 Å². The number of hydrogen-bond acceptors (Lipinski definition) is 5. The minimum atomic E-state index is -0.474. The third kappa shape index (κ3) is 5.46. The molecule has 1 saturated carbocycles. The third-order valence-corrected chi connectivity index (χ3v) is 8.36.